The summed E-state index contributed by atoms with van der Waals surface area (Å²) < 4.78 is 25.6. The number of hydrogen-bond acceptors (Lipinski definition) is 6. The molecule has 1 aromatic heterocycles. The van der Waals surface area contributed by atoms with Crippen LogP contribution in [-0.4, -0.2) is 47.8 Å². The molecule has 0 fully saturated rings. The number of alkyl halides is 1. The Kier molecular flexibility index (Phi) is 13.7. The van der Waals surface area contributed by atoms with Gasteiger partial charge in [0.05, 0.1) is 22.0 Å². The summed E-state index contributed by atoms with van der Waals surface area (Å²) in [7, 11) is -1.86. The summed E-state index contributed by atoms with van der Waals surface area (Å²) in [5.41, 5.74) is 3.52. The molecule has 178 valence electrons. The fourth-order valence-corrected chi connectivity index (χ4v) is 3.63. The first-order valence-electron chi connectivity index (χ1n) is 10.2. The summed E-state index contributed by atoms with van der Waals surface area (Å²) in [5, 5.41) is 11.0. The largest absolute Gasteiger partial charge is 1.00 e. The van der Waals surface area contributed by atoms with E-state index in [1.807, 2.05) is 10.8 Å². The molecule has 0 N–H and O–H groups in total. The molecule has 0 saturated carbocycles. The average molecular weight is 514 g/mol. The monoisotopic (exact) mass is 513 g/mol. The molecule has 6 nitrogen and oxygen atoms in total. The molecule has 0 atom stereocenters. The summed E-state index contributed by atoms with van der Waals surface area (Å²) in [6, 6.07) is 14.2. The fourth-order valence-electron chi connectivity index (χ4n) is 3.28. The molecule has 0 unspecified atom stereocenters. The van der Waals surface area contributed by atoms with Gasteiger partial charge in [0.15, 0.2) is 5.75 Å². The molecule has 10 heteroatoms. The molecule has 34 heavy (non-hydrogen) atoms. The molecule has 0 bridgehead atoms. The number of halogens is 2. The van der Waals surface area contributed by atoms with E-state index in [0.29, 0.717) is 28.8 Å². The number of fused-ring (bicyclic) bond motifs is 1. The Balaban J connectivity index is 0.00000107. The van der Waals surface area contributed by atoms with Gasteiger partial charge >= 0.3 is 18.9 Å². The Labute approximate surface area is 225 Å². The van der Waals surface area contributed by atoms with Crippen molar-refractivity contribution < 1.29 is 32.0 Å². The average Bonchev–Trinajstić information content (AvgIpc) is 3.21. The van der Waals surface area contributed by atoms with Crippen LogP contribution in [0.3, 0.4) is 0 Å². The third-order valence-electron chi connectivity index (χ3n) is 4.85. The van der Waals surface area contributed by atoms with E-state index in [0.717, 1.165) is 48.9 Å². The predicted octanol–water partition coefficient (Wildman–Crippen LogP) is 2.22. The van der Waals surface area contributed by atoms with E-state index in [1.54, 1.807) is 12.1 Å². The van der Waals surface area contributed by atoms with Gasteiger partial charge < -0.3 is 36.5 Å². The van der Waals surface area contributed by atoms with Gasteiger partial charge in [0.1, 0.15) is 12.7 Å². The molecule has 0 radical (unpaired) electrons. The molecule has 3 aromatic rings. The van der Waals surface area contributed by atoms with E-state index in [-0.39, 0.29) is 18.9 Å². The SMILES string of the molecule is C[S-](=O)=O.[CH2-]CN(C[CH2-])CCc1ccc2c(ccn2-c2cc(Cl)c(OCCCl)c(C#N)c2)c1.[Li+]. The first-order chi connectivity index (χ1) is 15.8. The molecule has 0 aliphatic rings. The summed E-state index contributed by atoms with van der Waals surface area (Å²) in [6.45, 7) is 10.6. The number of hydrogen-bond donors (Lipinski definition) is 0. The maximum atomic E-state index is 9.51. The first-order valence-corrected chi connectivity index (χ1v) is 12.6. The van der Waals surface area contributed by atoms with Crippen LogP contribution >= 0.6 is 23.2 Å². The minimum absolute atomic E-state index is 0. The van der Waals surface area contributed by atoms with Gasteiger partial charge in [0.2, 0.25) is 0 Å². The van der Waals surface area contributed by atoms with Crippen molar-refractivity contribution in [3.05, 3.63) is 72.6 Å². The Morgan fingerprint density at radius 3 is 2.44 bits per heavy atom. The van der Waals surface area contributed by atoms with Crippen LogP contribution in [0.2, 0.25) is 5.02 Å². The molecule has 0 amide bonds. The summed E-state index contributed by atoms with van der Waals surface area (Å²) in [6.07, 6.45) is 4.02. The van der Waals surface area contributed by atoms with Crippen molar-refractivity contribution >= 4 is 44.8 Å². The molecule has 0 aliphatic carbocycles. The van der Waals surface area contributed by atoms with Crippen LogP contribution < -0.4 is 23.6 Å². The molecular weight excluding hydrogens is 488 g/mol. The van der Waals surface area contributed by atoms with Crippen molar-refractivity contribution in [1.82, 2.24) is 9.47 Å². The summed E-state index contributed by atoms with van der Waals surface area (Å²) >= 11 is 12.1. The van der Waals surface area contributed by atoms with Gasteiger partial charge in [-0.25, -0.2) is 0 Å². The third kappa shape index (κ3) is 8.54. The van der Waals surface area contributed by atoms with E-state index in [2.05, 4.69) is 49.1 Å². The predicted molar refractivity (Wildman–Crippen MR) is 135 cm³/mol. The van der Waals surface area contributed by atoms with Gasteiger partial charge in [-0.15, -0.1) is 24.7 Å². The molecule has 0 aliphatic heterocycles. The molecule has 3 rings (SSSR count). The minimum Gasteiger partial charge on any atom is -0.489 e. The second-order valence-electron chi connectivity index (χ2n) is 7.03. The zero-order valence-electron chi connectivity index (χ0n) is 19.4. The van der Waals surface area contributed by atoms with Gasteiger partial charge in [-0.2, -0.15) is 5.26 Å². The quantitative estimate of drug-likeness (QED) is 0.190. The fraction of sp³-hybridized carbons (Fsp3) is 0.292. The standard InChI is InChI=1S/C23H23Cl2N3O.CH3O2S.Li/c1-3-27(4-2)10-7-17-5-6-22-18(13-17)8-11-28(22)20-14-19(16-26)23(21(25)15-20)29-12-9-24;1-4(2)3;/h5-6,8,11,13-15H,1-4,7,9-10,12H2;1H3;/q-2;-1;+1. The van der Waals surface area contributed by atoms with E-state index in [1.165, 1.54) is 5.56 Å². The van der Waals surface area contributed by atoms with Gasteiger partial charge in [0, 0.05) is 17.3 Å². The van der Waals surface area contributed by atoms with Crippen LogP contribution in [0.4, 0.5) is 0 Å². The number of ether oxygens (including phenoxy) is 1. The van der Waals surface area contributed by atoms with Crippen LogP contribution in [0, 0.1) is 25.2 Å². The van der Waals surface area contributed by atoms with Crippen LogP contribution in [-0.2, 0) is 25.5 Å². The Morgan fingerprint density at radius 2 is 1.85 bits per heavy atom. The summed E-state index contributed by atoms with van der Waals surface area (Å²) in [5.74, 6) is 0.701. The first kappa shape index (κ1) is 30.4. The maximum Gasteiger partial charge on any atom is 1.00 e. The van der Waals surface area contributed by atoms with Gasteiger partial charge in [-0.05, 0) is 48.9 Å². The van der Waals surface area contributed by atoms with Crippen molar-refractivity contribution in [2.75, 3.05) is 38.4 Å². The number of aromatic nitrogens is 1. The molecule has 0 saturated heterocycles. The van der Waals surface area contributed by atoms with Crippen LogP contribution in [0.15, 0.2) is 42.6 Å². The van der Waals surface area contributed by atoms with Crippen LogP contribution in [0.1, 0.15) is 11.1 Å². The van der Waals surface area contributed by atoms with E-state index in [4.69, 9.17) is 36.4 Å². The molecule has 1 heterocycles. The summed E-state index contributed by atoms with van der Waals surface area (Å²) in [4.78, 5) is 2.20. The zero-order valence-corrected chi connectivity index (χ0v) is 21.8. The van der Waals surface area contributed by atoms with E-state index >= 15 is 0 Å². The van der Waals surface area contributed by atoms with E-state index in [9.17, 15) is 5.26 Å². The van der Waals surface area contributed by atoms with Crippen LogP contribution in [0.25, 0.3) is 16.6 Å². The van der Waals surface area contributed by atoms with Gasteiger partial charge in [-0.1, -0.05) is 34.6 Å². The Morgan fingerprint density at radius 1 is 1.18 bits per heavy atom. The topological polar surface area (TPSA) is 75.3 Å². The van der Waals surface area contributed by atoms with Crippen molar-refractivity contribution in [2.45, 2.75) is 6.42 Å². The van der Waals surface area contributed by atoms with E-state index < -0.39 is 10.7 Å². The molecule has 2 aromatic carbocycles. The van der Waals surface area contributed by atoms with Crippen molar-refractivity contribution in [3.63, 3.8) is 0 Å². The minimum atomic E-state index is -1.86. The molecule has 0 spiro atoms. The van der Waals surface area contributed by atoms with Crippen molar-refractivity contribution in [3.8, 4) is 17.5 Å². The number of nitriles is 1. The van der Waals surface area contributed by atoms with Gasteiger partial charge in [0.25, 0.3) is 0 Å². The van der Waals surface area contributed by atoms with Crippen LogP contribution in [0.5, 0.6) is 5.75 Å². The second-order valence-corrected chi connectivity index (χ2v) is 8.61. The zero-order chi connectivity index (χ0) is 24.4. The van der Waals surface area contributed by atoms with Crippen molar-refractivity contribution in [2.24, 2.45) is 0 Å². The van der Waals surface area contributed by atoms with Gasteiger partial charge in [-0.3, -0.25) is 0 Å². The Hall–Kier alpha value is -1.64. The second kappa shape index (κ2) is 15.4. The number of benzene rings is 2. The van der Waals surface area contributed by atoms with Crippen molar-refractivity contribution in [1.29, 1.82) is 5.26 Å². The maximum absolute atomic E-state index is 9.51. The number of rotatable bonds is 9. The Bertz CT molecular complexity index is 1180. The normalized spacial score (nSPS) is 10.5. The molecular formula is C24H26Cl2LiN3O3S-2. The number of nitrogens with zero attached hydrogens (tertiary/aromatic N) is 3. The smallest absolute Gasteiger partial charge is 0.489 e. The third-order valence-corrected chi connectivity index (χ3v) is 5.29.